The lowest BCUT2D eigenvalue weighted by atomic mass is 9.93. The molecule has 0 saturated heterocycles. The van der Waals surface area contributed by atoms with Crippen LogP contribution in [0.3, 0.4) is 0 Å². The highest BCUT2D eigenvalue weighted by Gasteiger charge is 2.21. The maximum Gasteiger partial charge on any atom is 0.251 e. The second kappa shape index (κ2) is 6.17. The molecule has 0 saturated carbocycles. The van der Waals surface area contributed by atoms with Gasteiger partial charge in [0.15, 0.2) is 0 Å². The first-order valence-electron chi connectivity index (χ1n) is 6.30. The number of hydrogen-bond acceptors (Lipinski definition) is 3. The van der Waals surface area contributed by atoms with Crippen LogP contribution in [0.4, 0.5) is 14.5 Å². The first-order chi connectivity index (χ1) is 9.12. The molecule has 0 unspecified atom stereocenters. The number of nitrogens with zero attached hydrogens (tertiary/aromatic N) is 1. The number of nitrogens with one attached hydrogen (secondary N) is 1. The third-order valence-corrected chi connectivity index (χ3v) is 2.81. The van der Waals surface area contributed by atoms with Crippen LogP contribution in [-0.4, -0.2) is 38.0 Å². The van der Waals surface area contributed by atoms with E-state index in [2.05, 4.69) is 5.32 Å². The Hall–Kier alpha value is -1.69. The number of amides is 1. The number of carbonyl (C=O) groups excluding carboxylic acids is 1. The quantitative estimate of drug-likeness (QED) is 0.812. The molecule has 0 aromatic heterocycles. The zero-order valence-corrected chi connectivity index (χ0v) is 12.3. The molecular weight excluding hydrogens is 264 g/mol. The van der Waals surface area contributed by atoms with E-state index in [9.17, 15) is 13.6 Å². The van der Waals surface area contributed by atoms with Crippen molar-refractivity contribution < 1.29 is 13.6 Å². The number of nitrogens with two attached hydrogens (primary N) is 1. The predicted molar refractivity (Wildman–Crippen MR) is 75.4 cm³/mol. The fourth-order valence-electron chi connectivity index (χ4n) is 2.05. The van der Waals surface area contributed by atoms with E-state index in [1.54, 1.807) is 0 Å². The first kappa shape index (κ1) is 16.4. The van der Waals surface area contributed by atoms with E-state index in [0.29, 0.717) is 6.54 Å². The Labute approximate surface area is 117 Å². The zero-order valence-electron chi connectivity index (χ0n) is 12.3. The van der Waals surface area contributed by atoms with Crippen LogP contribution in [0.15, 0.2) is 12.1 Å². The van der Waals surface area contributed by atoms with Gasteiger partial charge in [0, 0.05) is 18.7 Å². The van der Waals surface area contributed by atoms with E-state index in [1.807, 2.05) is 32.8 Å². The molecule has 3 N–H and O–H groups in total. The fourth-order valence-corrected chi connectivity index (χ4v) is 2.05. The molecule has 1 aromatic rings. The van der Waals surface area contributed by atoms with E-state index < -0.39 is 23.2 Å². The summed E-state index contributed by atoms with van der Waals surface area (Å²) in [5, 5.41) is 2.68. The van der Waals surface area contributed by atoms with E-state index in [4.69, 9.17) is 5.73 Å². The van der Waals surface area contributed by atoms with Gasteiger partial charge in [-0.15, -0.1) is 0 Å². The van der Waals surface area contributed by atoms with Crippen molar-refractivity contribution in [3.8, 4) is 0 Å². The van der Waals surface area contributed by atoms with Crippen LogP contribution < -0.4 is 11.1 Å². The maximum atomic E-state index is 13.3. The normalized spacial score (nSPS) is 11.8. The smallest absolute Gasteiger partial charge is 0.251 e. The third kappa shape index (κ3) is 4.45. The minimum absolute atomic E-state index is 0.0742. The van der Waals surface area contributed by atoms with Gasteiger partial charge >= 0.3 is 0 Å². The van der Waals surface area contributed by atoms with Gasteiger partial charge in [0.05, 0.1) is 0 Å². The summed E-state index contributed by atoms with van der Waals surface area (Å²) in [6.07, 6.45) is 0. The van der Waals surface area contributed by atoms with Crippen LogP contribution in [-0.2, 0) is 0 Å². The topological polar surface area (TPSA) is 58.4 Å². The van der Waals surface area contributed by atoms with Gasteiger partial charge in [0.25, 0.3) is 5.91 Å². The van der Waals surface area contributed by atoms with E-state index in [1.165, 1.54) is 0 Å². The average Bonchev–Trinajstić information content (AvgIpc) is 2.31. The third-order valence-electron chi connectivity index (χ3n) is 2.81. The first-order valence-corrected chi connectivity index (χ1v) is 6.30. The van der Waals surface area contributed by atoms with Crippen LogP contribution in [0.2, 0.25) is 0 Å². The highest BCUT2D eigenvalue weighted by atomic mass is 19.1. The summed E-state index contributed by atoms with van der Waals surface area (Å²) in [4.78, 5) is 13.9. The van der Waals surface area contributed by atoms with Crippen molar-refractivity contribution in [1.29, 1.82) is 0 Å². The standard InChI is InChI=1S/C14H21F2N3O/c1-14(2,8-19(3)4)7-18-13(20)9-5-10(15)12(17)11(16)6-9/h5-6H,7-8,17H2,1-4H3,(H,18,20). The summed E-state index contributed by atoms with van der Waals surface area (Å²) in [7, 11) is 3.88. The van der Waals surface area contributed by atoms with Crippen LogP contribution in [0.5, 0.6) is 0 Å². The van der Waals surface area contributed by atoms with Crippen molar-refractivity contribution in [3.63, 3.8) is 0 Å². The van der Waals surface area contributed by atoms with Crippen LogP contribution in [0.1, 0.15) is 24.2 Å². The maximum absolute atomic E-state index is 13.3. The molecule has 112 valence electrons. The molecule has 0 spiro atoms. The number of hydrogen-bond donors (Lipinski definition) is 2. The molecule has 0 radical (unpaired) electrons. The summed E-state index contributed by atoms with van der Waals surface area (Å²) >= 11 is 0. The lowest BCUT2D eigenvalue weighted by Crippen LogP contribution is -2.40. The predicted octanol–water partition coefficient (Wildman–Crippen LogP) is 1.86. The number of nitrogen functional groups attached to an aromatic ring is 1. The van der Waals surface area contributed by atoms with E-state index in [0.717, 1.165) is 18.7 Å². The van der Waals surface area contributed by atoms with Crippen molar-refractivity contribution in [3.05, 3.63) is 29.3 Å². The lowest BCUT2D eigenvalue weighted by molar-refractivity contribution is 0.0928. The average molecular weight is 285 g/mol. The lowest BCUT2D eigenvalue weighted by Gasteiger charge is -2.28. The molecule has 1 amide bonds. The Morgan fingerprint density at radius 1 is 1.30 bits per heavy atom. The molecule has 0 aliphatic carbocycles. The van der Waals surface area contributed by atoms with Crippen LogP contribution >= 0.6 is 0 Å². The SMILES string of the molecule is CN(C)CC(C)(C)CNC(=O)c1cc(F)c(N)c(F)c1. The molecule has 20 heavy (non-hydrogen) atoms. The second-order valence-corrected chi connectivity index (χ2v) is 5.94. The highest BCUT2D eigenvalue weighted by Crippen LogP contribution is 2.18. The summed E-state index contributed by atoms with van der Waals surface area (Å²) in [6, 6.07) is 1.87. The van der Waals surface area contributed by atoms with Gasteiger partial charge in [-0.05, 0) is 31.6 Å². The van der Waals surface area contributed by atoms with Crippen molar-refractivity contribution in [2.75, 3.05) is 32.9 Å². The van der Waals surface area contributed by atoms with E-state index in [-0.39, 0.29) is 11.0 Å². The monoisotopic (exact) mass is 285 g/mol. The second-order valence-electron chi connectivity index (χ2n) is 5.94. The van der Waals surface area contributed by atoms with Gasteiger partial charge in [0.2, 0.25) is 0 Å². The van der Waals surface area contributed by atoms with Crippen molar-refractivity contribution in [1.82, 2.24) is 10.2 Å². The molecule has 0 aliphatic heterocycles. The summed E-state index contributed by atoms with van der Waals surface area (Å²) in [5.74, 6) is -2.37. The van der Waals surface area contributed by atoms with Crippen molar-refractivity contribution in [2.45, 2.75) is 13.8 Å². The van der Waals surface area contributed by atoms with Crippen LogP contribution in [0, 0.1) is 17.0 Å². The van der Waals surface area contributed by atoms with Gasteiger partial charge in [-0.2, -0.15) is 0 Å². The Morgan fingerprint density at radius 3 is 2.25 bits per heavy atom. The number of carbonyl (C=O) groups is 1. The molecule has 0 atom stereocenters. The fraction of sp³-hybridized carbons (Fsp3) is 0.500. The minimum Gasteiger partial charge on any atom is -0.394 e. The Kier molecular flexibility index (Phi) is 5.05. The Morgan fingerprint density at radius 2 is 1.80 bits per heavy atom. The van der Waals surface area contributed by atoms with Gasteiger partial charge in [-0.25, -0.2) is 8.78 Å². The van der Waals surface area contributed by atoms with Gasteiger partial charge in [0.1, 0.15) is 17.3 Å². The zero-order chi connectivity index (χ0) is 15.5. The molecule has 6 heteroatoms. The number of rotatable bonds is 5. The van der Waals surface area contributed by atoms with E-state index >= 15 is 0 Å². The van der Waals surface area contributed by atoms with Gasteiger partial charge in [-0.1, -0.05) is 13.8 Å². The molecule has 0 heterocycles. The summed E-state index contributed by atoms with van der Waals surface area (Å²) < 4.78 is 26.6. The van der Waals surface area contributed by atoms with Crippen LogP contribution in [0.25, 0.3) is 0 Å². The molecule has 4 nitrogen and oxygen atoms in total. The number of anilines is 1. The van der Waals surface area contributed by atoms with Crippen molar-refractivity contribution >= 4 is 11.6 Å². The Bertz CT molecular complexity index is 478. The molecule has 0 fully saturated rings. The summed E-state index contributed by atoms with van der Waals surface area (Å²) in [6.45, 7) is 5.17. The summed E-state index contributed by atoms with van der Waals surface area (Å²) in [5.41, 5.74) is 4.36. The number of benzene rings is 1. The molecular formula is C14H21F2N3O. The molecule has 0 aliphatic rings. The number of halogens is 2. The Balaban J connectivity index is 2.73. The minimum atomic E-state index is -0.928. The molecule has 1 aromatic carbocycles. The molecule has 1 rings (SSSR count). The van der Waals surface area contributed by atoms with Crippen molar-refractivity contribution in [2.24, 2.45) is 5.41 Å². The highest BCUT2D eigenvalue weighted by molar-refractivity contribution is 5.94. The largest absolute Gasteiger partial charge is 0.394 e. The van der Waals surface area contributed by atoms with Gasteiger partial charge < -0.3 is 16.0 Å². The van der Waals surface area contributed by atoms with Gasteiger partial charge in [-0.3, -0.25) is 4.79 Å². The molecule has 0 bridgehead atoms.